The Bertz CT molecular complexity index is 527. The molecule has 1 N–H and O–H groups in total. The van der Waals surface area contributed by atoms with Crippen molar-refractivity contribution in [2.75, 3.05) is 31.0 Å². The zero-order valence-corrected chi connectivity index (χ0v) is 13.7. The number of anilines is 1. The first-order valence-corrected chi connectivity index (χ1v) is 8.95. The molecule has 0 aliphatic rings. The van der Waals surface area contributed by atoms with Crippen LogP contribution in [0.4, 0.5) is 5.69 Å². The van der Waals surface area contributed by atoms with Crippen LogP contribution in [0.3, 0.4) is 0 Å². The number of aryl methyl sites for hydroxylation is 1. The lowest BCUT2D eigenvalue weighted by molar-refractivity contribution is 0.571. The van der Waals surface area contributed by atoms with E-state index in [1.54, 1.807) is 23.9 Å². The van der Waals surface area contributed by atoms with Crippen LogP contribution < -0.4 is 9.62 Å². The second-order valence-corrected chi connectivity index (χ2v) is 7.45. The van der Waals surface area contributed by atoms with Gasteiger partial charge in [0.2, 0.25) is 10.0 Å². The molecule has 0 radical (unpaired) electrons. The minimum atomic E-state index is -3.44. The van der Waals surface area contributed by atoms with Gasteiger partial charge >= 0.3 is 0 Å². The third kappa shape index (κ3) is 4.40. The quantitative estimate of drug-likeness (QED) is 0.874. The van der Waals surface area contributed by atoms with Crippen molar-refractivity contribution in [2.24, 2.45) is 0 Å². The topological polar surface area (TPSA) is 49.4 Å². The molecule has 0 aliphatic heterocycles. The van der Waals surface area contributed by atoms with E-state index in [4.69, 9.17) is 0 Å². The van der Waals surface area contributed by atoms with E-state index in [2.05, 4.69) is 4.72 Å². The van der Waals surface area contributed by atoms with Crippen LogP contribution in [-0.4, -0.2) is 40.6 Å². The van der Waals surface area contributed by atoms with Gasteiger partial charge < -0.3 is 4.90 Å². The fourth-order valence-electron chi connectivity index (χ4n) is 1.86. The lowest BCUT2D eigenvalue weighted by Gasteiger charge is -2.18. The Morgan fingerprint density at radius 2 is 2.00 bits per heavy atom. The highest BCUT2D eigenvalue weighted by atomic mass is 32.2. The van der Waals surface area contributed by atoms with Gasteiger partial charge in [0.15, 0.2) is 0 Å². The van der Waals surface area contributed by atoms with E-state index >= 15 is 0 Å². The molecule has 0 bridgehead atoms. The summed E-state index contributed by atoms with van der Waals surface area (Å²) in [5, 5.41) is 0. The molecule has 0 aromatic heterocycles. The Kier molecular flexibility index (Phi) is 5.70. The zero-order chi connectivity index (χ0) is 14.6. The van der Waals surface area contributed by atoms with Crippen molar-refractivity contribution < 1.29 is 8.42 Å². The molecule has 1 aromatic rings. The van der Waals surface area contributed by atoms with Crippen LogP contribution in [0.1, 0.15) is 12.5 Å². The maximum atomic E-state index is 12.3. The smallest absolute Gasteiger partial charge is 0.240 e. The van der Waals surface area contributed by atoms with Crippen molar-refractivity contribution >= 4 is 27.5 Å². The van der Waals surface area contributed by atoms with E-state index in [1.807, 2.05) is 45.2 Å². The minimum absolute atomic E-state index is 0.0795. The van der Waals surface area contributed by atoms with Crippen molar-refractivity contribution in [3.8, 4) is 0 Å². The molecule has 0 aliphatic carbocycles. The summed E-state index contributed by atoms with van der Waals surface area (Å²) in [6.45, 7) is 3.84. The van der Waals surface area contributed by atoms with Crippen LogP contribution in [0.15, 0.2) is 23.1 Å². The molecule has 1 aromatic carbocycles. The monoisotopic (exact) mass is 302 g/mol. The van der Waals surface area contributed by atoms with Crippen molar-refractivity contribution in [3.63, 3.8) is 0 Å². The highest BCUT2D eigenvalue weighted by Crippen LogP contribution is 2.22. The van der Waals surface area contributed by atoms with Gasteiger partial charge in [0.05, 0.1) is 4.90 Å². The summed E-state index contributed by atoms with van der Waals surface area (Å²) in [4.78, 5) is 2.23. The fraction of sp³-hybridized carbons (Fsp3) is 0.538. The molecule has 19 heavy (non-hydrogen) atoms. The van der Waals surface area contributed by atoms with Crippen molar-refractivity contribution in [2.45, 2.75) is 24.8 Å². The zero-order valence-electron chi connectivity index (χ0n) is 12.1. The standard InChI is InChI=1S/C13H22N2O2S2/c1-10-6-7-12(8-13(10)15(3)4)19(16,17)14-11(2)9-18-5/h6-8,11,14H,9H2,1-5H3/t11-/m1/s1. The number of thioether (sulfide) groups is 1. The van der Waals surface area contributed by atoms with Crippen LogP contribution in [-0.2, 0) is 10.0 Å². The van der Waals surface area contributed by atoms with E-state index in [1.165, 1.54) is 0 Å². The predicted molar refractivity (Wildman–Crippen MR) is 83.7 cm³/mol. The summed E-state index contributed by atoms with van der Waals surface area (Å²) < 4.78 is 27.2. The number of hydrogen-bond acceptors (Lipinski definition) is 4. The van der Waals surface area contributed by atoms with Crippen LogP contribution in [0.5, 0.6) is 0 Å². The Balaban J connectivity index is 3.05. The summed E-state index contributed by atoms with van der Waals surface area (Å²) >= 11 is 1.62. The van der Waals surface area contributed by atoms with Crippen LogP contribution >= 0.6 is 11.8 Å². The molecule has 4 nitrogen and oxygen atoms in total. The summed E-state index contributed by atoms with van der Waals surface area (Å²) in [7, 11) is 0.366. The minimum Gasteiger partial charge on any atom is -0.377 e. The number of sulfonamides is 1. The maximum absolute atomic E-state index is 12.3. The van der Waals surface area contributed by atoms with Gasteiger partial charge in [0.25, 0.3) is 0 Å². The van der Waals surface area contributed by atoms with Gasteiger partial charge in [-0.15, -0.1) is 0 Å². The molecule has 0 unspecified atom stereocenters. The summed E-state index contributed by atoms with van der Waals surface area (Å²) in [6.07, 6.45) is 1.96. The molecule has 0 spiro atoms. The number of nitrogens with one attached hydrogen (secondary N) is 1. The van der Waals surface area contributed by atoms with E-state index in [9.17, 15) is 8.42 Å². The van der Waals surface area contributed by atoms with Gasteiger partial charge in [-0.1, -0.05) is 6.07 Å². The first-order chi connectivity index (χ1) is 8.77. The maximum Gasteiger partial charge on any atom is 0.240 e. The van der Waals surface area contributed by atoms with Crippen molar-refractivity contribution in [1.82, 2.24) is 4.72 Å². The highest BCUT2D eigenvalue weighted by molar-refractivity contribution is 7.98. The number of benzene rings is 1. The summed E-state index contributed by atoms with van der Waals surface area (Å²) in [6, 6.07) is 5.12. The lowest BCUT2D eigenvalue weighted by Crippen LogP contribution is -2.34. The molecule has 1 rings (SSSR count). The first-order valence-electron chi connectivity index (χ1n) is 6.07. The largest absolute Gasteiger partial charge is 0.377 e. The second kappa shape index (κ2) is 6.63. The van der Waals surface area contributed by atoms with Crippen LogP contribution in [0, 0.1) is 6.92 Å². The van der Waals surface area contributed by atoms with Gasteiger partial charge in [-0.2, -0.15) is 11.8 Å². The molecule has 0 amide bonds. The molecule has 0 fully saturated rings. The SMILES string of the molecule is CSC[C@@H](C)NS(=O)(=O)c1ccc(C)c(N(C)C)c1. The van der Waals surface area contributed by atoms with E-state index in [0.717, 1.165) is 17.0 Å². The Labute approximate surface area is 120 Å². The molecular weight excluding hydrogens is 280 g/mol. The molecule has 0 saturated heterocycles. The number of nitrogens with zero attached hydrogens (tertiary/aromatic N) is 1. The number of rotatable bonds is 6. The Morgan fingerprint density at radius 3 is 2.53 bits per heavy atom. The highest BCUT2D eigenvalue weighted by Gasteiger charge is 2.18. The molecule has 0 saturated carbocycles. The third-order valence-corrected chi connectivity index (χ3v) is 5.17. The summed E-state index contributed by atoms with van der Waals surface area (Å²) in [5.41, 5.74) is 1.97. The predicted octanol–water partition coefficient (Wildman–Crippen LogP) is 2.09. The fourth-order valence-corrected chi connectivity index (χ4v) is 3.81. The molecule has 1 atom stereocenters. The Morgan fingerprint density at radius 1 is 1.37 bits per heavy atom. The van der Waals surface area contributed by atoms with Crippen LogP contribution in [0.2, 0.25) is 0 Å². The normalized spacial score (nSPS) is 13.3. The van der Waals surface area contributed by atoms with Crippen LogP contribution in [0.25, 0.3) is 0 Å². The van der Waals surface area contributed by atoms with Gasteiger partial charge in [0.1, 0.15) is 0 Å². The number of hydrogen-bond donors (Lipinski definition) is 1. The third-order valence-electron chi connectivity index (χ3n) is 2.75. The van der Waals surface area contributed by atoms with Gasteiger partial charge in [-0.3, -0.25) is 0 Å². The molecule has 108 valence electrons. The second-order valence-electron chi connectivity index (χ2n) is 4.82. The van der Waals surface area contributed by atoms with Gasteiger partial charge in [-0.25, -0.2) is 13.1 Å². The van der Waals surface area contributed by atoms with Gasteiger partial charge in [0, 0.05) is 31.6 Å². The summed E-state index contributed by atoms with van der Waals surface area (Å²) in [5.74, 6) is 0.756. The van der Waals surface area contributed by atoms with E-state index < -0.39 is 10.0 Å². The average Bonchev–Trinajstić information content (AvgIpc) is 2.28. The lowest BCUT2D eigenvalue weighted by atomic mass is 10.2. The Hall–Kier alpha value is -0.720. The molecular formula is C13H22N2O2S2. The van der Waals surface area contributed by atoms with Gasteiger partial charge in [-0.05, 0) is 37.8 Å². The molecule has 0 heterocycles. The first kappa shape index (κ1) is 16.3. The van der Waals surface area contributed by atoms with E-state index in [-0.39, 0.29) is 6.04 Å². The van der Waals surface area contributed by atoms with Crippen molar-refractivity contribution in [3.05, 3.63) is 23.8 Å². The van der Waals surface area contributed by atoms with E-state index in [0.29, 0.717) is 4.90 Å². The van der Waals surface area contributed by atoms with Crippen molar-refractivity contribution in [1.29, 1.82) is 0 Å². The average molecular weight is 302 g/mol. The molecule has 6 heteroatoms.